The van der Waals surface area contributed by atoms with E-state index >= 15 is 0 Å². The van der Waals surface area contributed by atoms with Gasteiger partial charge in [0, 0.05) is 6.54 Å². The van der Waals surface area contributed by atoms with Gasteiger partial charge in [0.05, 0.1) is 18.1 Å². The molecule has 0 aliphatic rings. The molecule has 1 aromatic carbocycles. The number of quaternary nitrogens is 1. The molecule has 0 fully saturated rings. The van der Waals surface area contributed by atoms with Crippen molar-refractivity contribution in [1.29, 1.82) is 5.26 Å². The zero-order valence-electron chi connectivity index (χ0n) is 13.9. The second-order valence-electron chi connectivity index (χ2n) is 5.70. The zero-order valence-corrected chi connectivity index (χ0v) is 13.9. The average molecular weight is 328 g/mol. The van der Waals surface area contributed by atoms with Gasteiger partial charge in [0.15, 0.2) is 18.1 Å². The number of rotatable bonds is 7. The molecule has 1 aromatic heterocycles. The van der Waals surface area contributed by atoms with Gasteiger partial charge in [-0.25, -0.2) is 4.98 Å². The van der Waals surface area contributed by atoms with Crippen LogP contribution in [0, 0.1) is 11.3 Å². The number of H-pyrrole nitrogens is 1. The normalized spacial score (nSPS) is 13.2. The minimum Gasteiger partial charge on any atom is -0.506 e. The number of carbonyl (C=O) groups excluding carboxylic acids is 1. The lowest BCUT2D eigenvalue weighted by atomic mass is 10.2. The largest absolute Gasteiger partial charge is 0.506 e. The molecule has 0 aliphatic heterocycles. The highest BCUT2D eigenvalue weighted by Crippen LogP contribution is 2.17. The van der Waals surface area contributed by atoms with E-state index in [-0.39, 0.29) is 30.3 Å². The third-order valence-corrected chi connectivity index (χ3v) is 3.53. The number of nitrogens with zero attached hydrogens (tertiary/aromatic N) is 2. The highest BCUT2D eigenvalue weighted by Gasteiger charge is 2.17. The van der Waals surface area contributed by atoms with E-state index in [1.54, 1.807) is 7.05 Å². The Morgan fingerprint density at radius 3 is 2.83 bits per heavy atom. The Morgan fingerprint density at radius 2 is 2.17 bits per heavy atom. The molecule has 2 rings (SSSR count). The number of imidazole rings is 1. The summed E-state index contributed by atoms with van der Waals surface area (Å²) < 4.78 is 0. The number of aliphatic hydroxyl groups is 1. The van der Waals surface area contributed by atoms with Crippen LogP contribution in [0.25, 0.3) is 16.6 Å². The number of aromatic nitrogens is 2. The van der Waals surface area contributed by atoms with Crippen LogP contribution >= 0.6 is 0 Å². The van der Waals surface area contributed by atoms with Crippen LogP contribution < -0.4 is 10.2 Å². The predicted molar refractivity (Wildman–Crippen MR) is 91.2 cm³/mol. The maximum Gasteiger partial charge on any atom is 0.275 e. The molecule has 24 heavy (non-hydrogen) atoms. The number of carbonyl (C=O) groups is 1. The molecular weight excluding hydrogens is 306 g/mol. The first-order valence-corrected chi connectivity index (χ1v) is 7.90. The third-order valence-electron chi connectivity index (χ3n) is 3.53. The van der Waals surface area contributed by atoms with Crippen LogP contribution in [0.1, 0.15) is 19.2 Å². The summed E-state index contributed by atoms with van der Waals surface area (Å²) in [5, 5.41) is 22.4. The molecular formula is C17H22N5O2+. The van der Waals surface area contributed by atoms with E-state index in [9.17, 15) is 15.2 Å². The van der Waals surface area contributed by atoms with Crippen molar-refractivity contribution in [2.45, 2.75) is 13.3 Å². The van der Waals surface area contributed by atoms with Crippen LogP contribution in [-0.4, -0.2) is 47.7 Å². The summed E-state index contributed by atoms with van der Waals surface area (Å²) in [5.74, 6) is 0.168. The molecule has 1 unspecified atom stereocenters. The van der Waals surface area contributed by atoms with Crippen LogP contribution in [0.2, 0.25) is 0 Å². The molecule has 0 saturated heterocycles. The fraction of sp³-hybridized carbons (Fsp3) is 0.353. The Morgan fingerprint density at radius 1 is 1.42 bits per heavy atom. The number of nitriles is 1. The summed E-state index contributed by atoms with van der Waals surface area (Å²) in [4.78, 5) is 19.8. The molecule has 7 nitrogen and oxygen atoms in total. The number of likely N-dealkylation sites (N-methyl/N-ethyl adjacent to an activating group) is 1. The number of amides is 1. The molecule has 1 heterocycles. The molecule has 2 aromatic rings. The smallest absolute Gasteiger partial charge is 0.275 e. The minimum atomic E-state index is -0.0858. The number of hydrogen-bond donors (Lipinski definition) is 4. The zero-order chi connectivity index (χ0) is 17.5. The maximum absolute atomic E-state index is 11.7. The van der Waals surface area contributed by atoms with E-state index in [0.717, 1.165) is 22.4 Å². The summed E-state index contributed by atoms with van der Waals surface area (Å²) in [6.07, 6.45) is 0.876. The van der Waals surface area contributed by atoms with Gasteiger partial charge in [-0.15, -0.1) is 0 Å². The fourth-order valence-corrected chi connectivity index (χ4v) is 2.36. The van der Waals surface area contributed by atoms with Crippen molar-refractivity contribution in [1.82, 2.24) is 15.3 Å². The second-order valence-corrected chi connectivity index (χ2v) is 5.70. The SMILES string of the molecule is CCCNC(=O)C[NH+](C)C/C(O)=C(\C#N)c1nc2ccccc2[nH]1. The van der Waals surface area contributed by atoms with Gasteiger partial charge in [-0.1, -0.05) is 19.1 Å². The van der Waals surface area contributed by atoms with Gasteiger partial charge in [0.1, 0.15) is 18.2 Å². The fourth-order valence-electron chi connectivity index (χ4n) is 2.36. The first-order valence-electron chi connectivity index (χ1n) is 7.90. The number of hydrogen-bond acceptors (Lipinski definition) is 4. The molecule has 126 valence electrons. The first kappa shape index (κ1) is 17.5. The summed E-state index contributed by atoms with van der Waals surface area (Å²) >= 11 is 0. The molecule has 0 aliphatic carbocycles. The number of aromatic amines is 1. The van der Waals surface area contributed by atoms with Crippen molar-refractivity contribution in [3.63, 3.8) is 0 Å². The Hall–Kier alpha value is -2.85. The van der Waals surface area contributed by atoms with Crippen LogP contribution in [-0.2, 0) is 4.79 Å². The van der Waals surface area contributed by atoms with Gasteiger partial charge in [-0.2, -0.15) is 5.26 Å². The molecule has 1 amide bonds. The van der Waals surface area contributed by atoms with Crippen molar-refractivity contribution in [2.24, 2.45) is 0 Å². The molecule has 0 radical (unpaired) electrons. The van der Waals surface area contributed by atoms with E-state index in [1.165, 1.54) is 0 Å². The van der Waals surface area contributed by atoms with Gasteiger partial charge in [0.2, 0.25) is 0 Å². The number of fused-ring (bicyclic) bond motifs is 1. The van der Waals surface area contributed by atoms with Crippen LogP contribution in [0.4, 0.5) is 0 Å². The second kappa shape index (κ2) is 8.13. The van der Waals surface area contributed by atoms with E-state index in [0.29, 0.717) is 12.4 Å². The molecule has 0 bridgehead atoms. The van der Waals surface area contributed by atoms with Gasteiger partial charge < -0.3 is 20.3 Å². The number of para-hydroxylation sites is 2. The standard InChI is InChI=1S/C17H21N5O2/c1-3-8-19-16(24)11-22(2)10-15(23)12(9-18)17-20-13-6-4-5-7-14(13)21-17/h4-7,23H,3,8,10-11H2,1-2H3,(H,19,24)(H,20,21)/p+1/b15-12-. The predicted octanol–water partition coefficient (Wildman–Crippen LogP) is 0.396. The molecule has 1 atom stereocenters. The quantitative estimate of drug-likeness (QED) is 0.436. The van der Waals surface area contributed by atoms with Gasteiger partial charge in [0.25, 0.3) is 5.91 Å². The lowest BCUT2D eigenvalue weighted by molar-refractivity contribution is -0.867. The Labute approximate surface area is 140 Å². The Bertz CT molecular complexity index is 755. The van der Waals surface area contributed by atoms with Crippen molar-refractivity contribution in [3.05, 3.63) is 35.8 Å². The summed E-state index contributed by atoms with van der Waals surface area (Å²) in [6, 6.07) is 9.40. The Kier molecular flexibility index (Phi) is 5.93. The number of aliphatic hydroxyl groups excluding tert-OH is 1. The van der Waals surface area contributed by atoms with Gasteiger partial charge in [-0.05, 0) is 18.6 Å². The van der Waals surface area contributed by atoms with Crippen molar-refractivity contribution < 1.29 is 14.8 Å². The monoisotopic (exact) mass is 328 g/mol. The third kappa shape index (κ3) is 4.33. The number of nitrogens with one attached hydrogen (secondary N) is 3. The summed E-state index contributed by atoms with van der Waals surface area (Å²) in [6.45, 7) is 3.01. The van der Waals surface area contributed by atoms with E-state index in [1.807, 2.05) is 37.3 Å². The topological polar surface area (TPSA) is 106 Å². The Balaban J connectivity index is 2.12. The lowest BCUT2D eigenvalue weighted by Crippen LogP contribution is -3.10. The minimum absolute atomic E-state index is 0.0793. The summed E-state index contributed by atoms with van der Waals surface area (Å²) in [5.41, 5.74) is 1.62. The maximum atomic E-state index is 11.7. The highest BCUT2D eigenvalue weighted by molar-refractivity contribution is 5.82. The highest BCUT2D eigenvalue weighted by atomic mass is 16.3. The lowest BCUT2D eigenvalue weighted by Gasteiger charge is -2.13. The average Bonchev–Trinajstić information content (AvgIpc) is 2.96. The molecule has 4 N–H and O–H groups in total. The van der Waals surface area contributed by atoms with Gasteiger partial charge >= 0.3 is 0 Å². The van der Waals surface area contributed by atoms with E-state index in [4.69, 9.17) is 0 Å². The van der Waals surface area contributed by atoms with Crippen molar-refractivity contribution in [3.8, 4) is 6.07 Å². The van der Waals surface area contributed by atoms with E-state index in [2.05, 4.69) is 15.3 Å². The first-order chi connectivity index (χ1) is 11.5. The number of benzene rings is 1. The molecule has 0 saturated carbocycles. The molecule has 7 heteroatoms. The van der Waals surface area contributed by atoms with E-state index < -0.39 is 0 Å². The van der Waals surface area contributed by atoms with Crippen LogP contribution in [0.15, 0.2) is 30.0 Å². The summed E-state index contributed by atoms with van der Waals surface area (Å²) in [7, 11) is 1.79. The number of allylic oxidation sites excluding steroid dienone is 1. The van der Waals surface area contributed by atoms with Gasteiger partial charge in [-0.3, -0.25) is 4.79 Å². The van der Waals surface area contributed by atoms with Crippen molar-refractivity contribution in [2.75, 3.05) is 26.7 Å². The van der Waals surface area contributed by atoms with Crippen LogP contribution in [0.3, 0.4) is 0 Å². The van der Waals surface area contributed by atoms with Crippen molar-refractivity contribution >= 4 is 22.5 Å². The molecule has 0 spiro atoms. The van der Waals surface area contributed by atoms with Crippen LogP contribution in [0.5, 0.6) is 0 Å².